The van der Waals surface area contributed by atoms with Crippen LogP contribution in [0.3, 0.4) is 0 Å². The lowest BCUT2D eigenvalue weighted by Crippen LogP contribution is -2.47. The molecule has 0 bridgehead atoms. The lowest BCUT2D eigenvalue weighted by Gasteiger charge is -2.33. The Morgan fingerprint density at radius 3 is 2.63 bits per heavy atom. The van der Waals surface area contributed by atoms with Gasteiger partial charge in [-0.1, -0.05) is 6.07 Å². The second-order valence-corrected chi connectivity index (χ2v) is 9.05. The number of β-amino-alcohol motifs (C(OH)–C–C–N with tert-alkyl or cyclic N) is 1. The van der Waals surface area contributed by atoms with Gasteiger partial charge in [-0.15, -0.1) is 11.3 Å². The molecule has 0 aliphatic carbocycles. The Morgan fingerprint density at radius 1 is 1.20 bits per heavy atom. The number of benzene rings is 1. The number of methoxy groups -OCH3 is 1. The van der Waals surface area contributed by atoms with Gasteiger partial charge in [0.2, 0.25) is 0 Å². The van der Waals surface area contributed by atoms with Gasteiger partial charge in [-0.25, -0.2) is 4.98 Å². The summed E-state index contributed by atoms with van der Waals surface area (Å²) >= 11 is 1.69. The van der Waals surface area contributed by atoms with Crippen LogP contribution in [0.1, 0.15) is 16.3 Å². The number of aliphatic hydroxyl groups excluding tert-OH is 1. The van der Waals surface area contributed by atoms with Crippen molar-refractivity contribution < 1.29 is 14.6 Å². The van der Waals surface area contributed by atoms with E-state index < -0.39 is 6.10 Å². The largest absolute Gasteiger partial charge is 0.493 e. The van der Waals surface area contributed by atoms with Crippen LogP contribution in [-0.2, 0) is 13.1 Å². The number of aliphatic hydroxyl groups is 1. The molecule has 3 rings (SSSR count). The van der Waals surface area contributed by atoms with Gasteiger partial charge in [0.15, 0.2) is 11.5 Å². The third-order valence-electron chi connectivity index (χ3n) is 5.25. The molecule has 0 amide bonds. The minimum Gasteiger partial charge on any atom is -0.493 e. The Hall–Kier alpha value is -1.71. The minimum absolute atomic E-state index is 0.250. The highest BCUT2D eigenvalue weighted by molar-refractivity contribution is 7.09. The Kier molecular flexibility index (Phi) is 8.47. The van der Waals surface area contributed by atoms with Crippen molar-refractivity contribution in [3.63, 3.8) is 0 Å². The molecule has 0 spiro atoms. The molecule has 0 saturated carbocycles. The van der Waals surface area contributed by atoms with Gasteiger partial charge in [0.1, 0.15) is 17.7 Å². The van der Waals surface area contributed by atoms with E-state index in [1.807, 2.05) is 19.1 Å². The highest BCUT2D eigenvalue weighted by Crippen LogP contribution is 2.29. The average Bonchev–Trinajstić information content (AvgIpc) is 3.12. The molecule has 8 heteroatoms. The smallest absolute Gasteiger partial charge is 0.161 e. The Labute approximate surface area is 183 Å². The van der Waals surface area contributed by atoms with Gasteiger partial charge in [0.25, 0.3) is 0 Å². The van der Waals surface area contributed by atoms with Crippen molar-refractivity contribution in [3.8, 4) is 11.5 Å². The Bertz CT molecular complexity index is 792. The second kappa shape index (κ2) is 11.1. The average molecular weight is 435 g/mol. The summed E-state index contributed by atoms with van der Waals surface area (Å²) in [5, 5.41) is 13.6. The summed E-state index contributed by atoms with van der Waals surface area (Å²) in [6, 6.07) is 5.99. The SMILES string of the molecule is COc1ccc(CN(C)Cc2nc(C)cs2)cc1OC[C@H](O)CN1CCN(C)CC1. The van der Waals surface area contributed by atoms with Crippen LogP contribution in [0.25, 0.3) is 0 Å². The monoisotopic (exact) mass is 434 g/mol. The maximum Gasteiger partial charge on any atom is 0.161 e. The standard InChI is InChI=1S/C22H34N4O3S/c1-17-16-30-22(23-17)14-25(3)12-18-5-6-20(28-4)21(11-18)29-15-19(27)13-26-9-7-24(2)8-10-26/h5-6,11,16,19,27H,7-10,12-15H2,1-4H3/t19-/m1/s1. The molecule has 1 aliphatic rings. The lowest BCUT2D eigenvalue weighted by atomic mass is 10.2. The van der Waals surface area contributed by atoms with Crippen molar-refractivity contribution in [2.24, 2.45) is 0 Å². The first-order valence-corrected chi connectivity index (χ1v) is 11.3. The summed E-state index contributed by atoms with van der Waals surface area (Å²) < 4.78 is 11.4. The lowest BCUT2D eigenvalue weighted by molar-refractivity contribution is 0.0497. The number of nitrogens with zero attached hydrogens (tertiary/aromatic N) is 4. The summed E-state index contributed by atoms with van der Waals surface area (Å²) in [4.78, 5) is 11.4. The van der Waals surface area contributed by atoms with E-state index in [2.05, 4.69) is 45.2 Å². The molecular weight excluding hydrogens is 400 g/mol. The van der Waals surface area contributed by atoms with Crippen LogP contribution >= 0.6 is 11.3 Å². The highest BCUT2D eigenvalue weighted by atomic mass is 32.1. The maximum atomic E-state index is 10.4. The van der Waals surface area contributed by atoms with E-state index >= 15 is 0 Å². The van der Waals surface area contributed by atoms with E-state index in [0.29, 0.717) is 18.0 Å². The van der Waals surface area contributed by atoms with Crippen molar-refractivity contribution in [1.29, 1.82) is 0 Å². The van der Waals surface area contributed by atoms with E-state index in [9.17, 15) is 5.11 Å². The second-order valence-electron chi connectivity index (χ2n) is 8.11. The predicted octanol–water partition coefficient (Wildman–Crippen LogP) is 2.08. The van der Waals surface area contributed by atoms with Crippen LogP contribution in [0.5, 0.6) is 11.5 Å². The molecule has 166 valence electrons. The molecule has 1 aromatic carbocycles. The molecule has 2 heterocycles. The summed E-state index contributed by atoms with van der Waals surface area (Å²) in [5.74, 6) is 1.36. The van der Waals surface area contributed by atoms with Gasteiger partial charge in [-0.05, 0) is 38.7 Å². The number of piperazine rings is 1. The van der Waals surface area contributed by atoms with Crippen LogP contribution in [0, 0.1) is 6.92 Å². The topological polar surface area (TPSA) is 61.3 Å². The molecule has 1 saturated heterocycles. The molecule has 30 heavy (non-hydrogen) atoms. The zero-order valence-electron chi connectivity index (χ0n) is 18.5. The first-order chi connectivity index (χ1) is 14.4. The van der Waals surface area contributed by atoms with Crippen molar-refractivity contribution in [2.75, 3.05) is 60.5 Å². The van der Waals surface area contributed by atoms with Crippen molar-refractivity contribution in [3.05, 3.63) is 39.8 Å². The third-order valence-corrected chi connectivity index (χ3v) is 6.20. The van der Waals surface area contributed by atoms with Gasteiger partial charge in [-0.2, -0.15) is 0 Å². The van der Waals surface area contributed by atoms with Crippen molar-refractivity contribution in [1.82, 2.24) is 19.7 Å². The molecule has 7 nitrogen and oxygen atoms in total. The fourth-order valence-electron chi connectivity index (χ4n) is 3.57. The van der Waals surface area contributed by atoms with E-state index in [1.54, 1.807) is 18.4 Å². The molecular formula is C22H34N4O3S. The Balaban J connectivity index is 1.53. The maximum absolute atomic E-state index is 10.4. The molecule has 0 unspecified atom stereocenters. The van der Waals surface area contributed by atoms with Gasteiger partial charge in [-0.3, -0.25) is 9.80 Å². The van der Waals surface area contributed by atoms with Crippen molar-refractivity contribution >= 4 is 11.3 Å². The normalized spacial score (nSPS) is 16.7. The number of aryl methyl sites for hydroxylation is 1. The number of hydrogen-bond donors (Lipinski definition) is 1. The highest BCUT2D eigenvalue weighted by Gasteiger charge is 2.18. The van der Waals surface area contributed by atoms with Crippen LogP contribution in [0.15, 0.2) is 23.6 Å². The van der Waals surface area contributed by atoms with Gasteiger partial charge >= 0.3 is 0 Å². The summed E-state index contributed by atoms with van der Waals surface area (Å²) in [6.07, 6.45) is -0.530. The molecule has 1 fully saturated rings. The van der Waals surface area contributed by atoms with Crippen LogP contribution in [0.2, 0.25) is 0 Å². The van der Waals surface area contributed by atoms with Gasteiger partial charge < -0.3 is 19.5 Å². The van der Waals surface area contributed by atoms with E-state index in [-0.39, 0.29) is 6.61 Å². The molecule has 1 atom stereocenters. The summed E-state index contributed by atoms with van der Waals surface area (Å²) in [5.41, 5.74) is 2.20. The Morgan fingerprint density at radius 2 is 1.97 bits per heavy atom. The van der Waals surface area contributed by atoms with Crippen molar-refractivity contribution in [2.45, 2.75) is 26.1 Å². The number of aromatic nitrogens is 1. The first kappa shape index (κ1) is 23.0. The quantitative estimate of drug-likeness (QED) is 0.614. The molecule has 1 N–H and O–H groups in total. The van der Waals surface area contributed by atoms with Gasteiger partial charge in [0.05, 0.1) is 13.7 Å². The number of hydrogen-bond acceptors (Lipinski definition) is 8. The van der Waals surface area contributed by atoms with Crippen LogP contribution < -0.4 is 9.47 Å². The zero-order chi connectivity index (χ0) is 21.5. The number of likely N-dealkylation sites (N-methyl/N-ethyl adjacent to an activating group) is 1. The number of rotatable bonds is 10. The molecule has 1 aliphatic heterocycles. The molecule has 2 aromatic rings. The zero-order valence-corrected chi connectivity index (χ0v) is 19.3. The fourth-order valence-corrected chi connectivity index (χ4v) is 4.42. The van der Waals surface area contributed by atoms with E-state index in [0.717, 1.165) is 55.5 Å². The van der Waals surface area contributed by atoms with E-state index in [1.165, 1.54) is 0 Å². The summed E-state index contributed by atoms with van der Waals surface area (Å²) in [7, 11) is 5.85. The molecule has 0 radical (unpaired) electrons. The minimum atomic E-state index is -0.530. The van der Waals surface area contributed by atoms with Crippen LogP contribution in [0.4, 0.5) is 0 Å². The number of thiazole rings is 1. The first-order valence-electron chi connectivity index (χ1n) is 10.4. The predicted molar refractivity (Wildman–Crippen MR) is 120 cm³/mol. The third kappa shape index (κ3) is 6.92. The molecule has 1 aromatic heterocycles. The fraction of sp³-hybridized carbons (Fsp3) is 0.591. The van der Waals surface area contributed by atoms with Gasteiger partial charge in [0, 0.05) is 50.3 Å². The van der Waals surface area contributed by atoms with E-state index in [4.69, 9.17) is 9.47 Å². The number of ether oxygens (including phenoxy) is 2. The summed E-state index contributed by atoms with van der Waals surface area (Å²) in [6.45, 7) is 8.54. The van der Waals surface area contributed by atoms with Crippen LogP contribution in [-0.4, -0.2) is 91.4 Å².